The number of nitrogens with zero attached hydrogens (tertiary/aromatic N) is 4. The second kappa shape index (κ2) is 6.37. The summed E-state index contributed by atoms with van der Waals surface area (Å²) in [6, 6.07) is 8.47. The summed E-state index contributed by atoms with van der Waals surface area (Å²) in [5.41, 5.74) is 2.06. The lowest BCUT2D eigenvalue weighted by atomic mass is 10.2. The molecule has 0 saturated heterocycles. The number of aromatic nitrogens is 4. The van der Waals surface area contributed by atoms with Gasteiger partial charge in [0.25, 0.3) is 11.8 Å². The van der Waals surface area contributed by atoms with E-state index in [1.54, 1.807) is 66.2 Å². The minimum Gasteiger partial charge on any atom is -0.322 e. The third-order valence-corrected chi connectivity index (χ3v) is 3.31. The van der Waals surface area contributed by atoms with E-state index in [-0.39, 0.29) is 11.8 Å². The van der Waals surface area contributed by atoms with Crippen molar-refractivity contribution in [2.75, 3.05) is 10.6 Å². The van der Waals surface area contributed by atoms with Gasteiger partial charge in [0.2, 0.25) is 0 Å². The number of nitrogens with one attached hydrogen (secondary N) is 2. The van der Waals surface area contributed by atoms with Crippen molar-refractivity contribution < 1.29 is 9.59 Å². The Morgan fingerprint density at radius 1 is 0.917 bits per heavy atom. The van der Waals surface area contributed by atoms with Crippen LogP contribution < -0.4 is 10.6 Å². The highest BCUT2D eigenvalue weighted by molar-refractivity contribution is 6.05. The molecule has 24 heavy (non-hydrogen) atoms. The Balaban J connectivity index is 1.63. The quantitative estimate of drug-likeness (QED) is 0.763. The number of anilines is 2. The Bertz CT molecular complexity index is 805. The van der Waals surface area contributed by atoms with Crippen LogP contribution in [-0.4, -0.2) is 31.4 Å². The van der Waals surface area contributed by atoms with Crippen LogP contribution in [0.2, 0.25) is 0 Å². The third-order valence-electron chi connectivity index (χ3n) is 3.31. The predicted molar refractivity (Wildman–Crippen MR) is 88.8 cm³/mol. The first-order valence-electron chi connectivity index (χ1n) is 7.22. The highest BCUT2D eigenvalue weighted by Crippen LogP contribution is 2.15. The van der Waals surface area contributed by atoms with Gasteiger partial charge >= 0.3 is 0 Å². The van der Waals surface area contributed by atoms with Crippen molar-refractivity contribution in [1.82, 2.24) is 19.6 Å². The van der Waals surface area contributed by atoms with E-state index in [4.69, 9.17) is 0 Å². The summed E-state index contributed by atoms with van der Waals surface area (Å²) in [5, 5.41) is 13.5. The molecule has 2 heterocycles. The average molecular weight is 324 g/mol. The summed E-state index contributed by atoms with van der Waals surface area (Å²) in [5.74, 6) is -0.531. The van der Waals surface area contributed by atoms with Crippen molar-refractivity contribution in [2.45, 2.75) is 0 Å². The first-order valence-corrected chi connectivity index (χ1v) is 7.22. The number of benzene rings is 1. The molecule has 8 heteroatoms. The fraction of sp³-hybridized carbons (Fsp3) is 0.125. The monoisotopic (exact) mass is 324 g/mol. The van der Waals surface area contributed by atoms with Crippen molar-refractivity contribution in [1.29, 1.82) is 0 Å². The third kappa shape index (κ3) is 3.49. The maximum atomic E-state index is 12.0. The van der Waals surface area contributed by atoms with Crippen molar-refractivity contribution in [3.8, 4) is 0 Å². The first kappa shape index (κ1) is 15.5. The molecule has 0 aliphatic carbocycles. The van der Waals surface area contributed by atoms with E-state index < -0.39 is 0 Å². The molecule has 2 N–H and O–H groups in total. The van der Waals surface area contributed by atoms with E-state index in [0.717, 1.165) is 0 Å². The number of amides is 2. The van der Waals surface area contributed by atoms with Gasteiger partial charge in [0.1, 0.15) is 0 Å². The Morgan fingerprint density at radius 2 is 1.54 bits per heavy atom. The SMILES string of the molecule is Cn1cc(C(=O)Nc2ccc(NC(=O)c3ccn(C)n3)cc2)cn1. The van der Waals surface area contributed by atoms with E-state index in [9.17, 15) is 9.59 Å². The summed E-state index contributed by atoms with van der Waals surface area (Å²) in [6.07, 6.45) is 4.83. The molecule has 2 aromatic heterocycles. The van der Waals surface area contributed by atoms with Gasteiger partial charge in [-0.1, -0.05) is 0 Å². The summed E-state index contributed by atoms with van der Waals surface area (Å²) in [6.45, 7) is 0. The standard InChI is InChI=1S/C16H16N6O2/c1-21-8-7-14(20-21)16(24)19-13-5-3-12(4-6-13)18-15(23)11-9-17-22(2)10-11/h3-10H,1-2H3,(H,18,23)(H,19,24). The molecule has 0 unspecified atom stereocenters. The zero-order valence-electron chi connectivity index (χ0n) is 13.2. The topological polar surface area (TPSA) is 93.8 Å². The van der Waals surface area contributed by atoms with Crippen LogP contribution >= 0.6 is 0 Å². The van der Waals surface area contributed by atoms with E-state index in [0.29, 0.717) is 22.6 Å². The van der Waals surface area contributed by atoms with Crippen LogP contribution in [0.5, 0.6) is 0 Å². The first-order chi connectivity index (χ1) is 11.5. The van der Waals surface area contributed by atoms with Gasteiger partial charge in [-0.15, -0.1) is 0 Å². The van der Waals surface area contributed by atoms with Crippen LogP contribution in [-0.2, 0) is 14.1 Å². The van der Waals surface area contributed by atoms with Crippen LogP contribution in [0, 0.1) is 0 Å². The van der Waals surface area contributed by atoms with E-state index >= 15 is 0 Å². The van der Waals surface area contributed by atoms with Gasteiger partial charge in [-0.3, -0.25) is 19.0 Å². The maximum absolute atomic E-state index is 12.0. The van der Waals surface area contributed by atoms with Gasteiger partial charge in [0.15, 0.2) is 5.69 Å². The Morgan fingerprint density at radius 3 is 2.04 bits per heavy atom. The zero-order chi connectivity index (χ0) is 17.1. The van der Waals surface area contributed by atoms with Crippen molar-refractivity contribution >= 4 is 23.2 Å². The van der Waals surface area contributed by atoms with E-state index in [1.807, 2.05) is 0 Å². The maximum Gasteiger partial charge on any atom is 0.276 e. The second-order valence-electron chi connectivity index (χ2n) is 5.26. The van der Waals surface area contributed by atoms with Crippen LogP contribution in [0.4, 0.5) is 11.4 Å². The zero-order valence-corrected chi connectivity index (χ0v) is 13.2. The molecule has 1 aromatic carbocycles. The molecule has 0 spiro atoms. The van der Waals surface area contributed by atoms with Crippen LogP contribution in [0.1, 0.15) is 20.8 Å². The van der Waals surface area contributed by atoms with E-state index in [1.165, 1.54) is 6.20 Å². The molecule has 0 atom stereocenters. The molecule has 0 aliphatic rings. The number of hydrogen-bond donors (Lipinski definition) is 2. The highest BCUT2D eigenvalue weighted by atomic mass is 16.2. The predicted octanol–water partition coefficient (Wildman–Crippen LogP) is 1.66. The van der Waals surface area contributed by atoms with Gasteiger partial charge in [0, 0.05) is 37.9 Å². The van der Waals surface area contributed by atoms with Gasteiger partial charge in [0.05, 0.1) is 11.8 Å². The van der Waals surface area contributed by atoms with Gasteiger partial charge in [-0.25, -0.2) is 0 Å². The molecule has 122 valence electrons. The Hall–Kier alpha value is -3.42. The molecule has 8 nitrogen and oxygen atoms in total. The number of carbonyl (C=O) groups excluding carboxylic acids is 2. The molecule has 2 amide bonds. The summed E-state index contributed by atoms with van der Waals surface area (Å²) in [4.78, 5) is 24.0. The molecule has 3 aromatic rings. The normalized spacial score (nSPS) is 10.4. The van der Waals surface area contributed by atoms with Crippen LogP contribution in [0.15, 0.2) is 48.9 Å². The number of carbonyl (C=O) groups is 2. The average Bonchev–Trinajstić information content (AvgIpc) is 3.18. The molecular formula is C16H16N6O2. The highest BCUT2D eigenvalue weighted by Gasteiger charge is 2.10. The fourth-order valence-corrected chi connectivity index (χ4v) is 2.11. The number of aryl methyl sites for hydroxylation is 2. The van der Waals surface area contributed by atoms with Crippen molar-refractivity contribution in [3.05, 3.63) is 60.2 Å². The van der Waals surface area contributed by atoms with Crippen molar-refractivity contribution in [3.63, 3.8) is 0 Å². The molecule has 0 bridgehead atoms. The molecule has 0 radical (unpaired) electrons. The molecule has 0 aliphatic heterocycles. The largest absolute Gasteiger partial charge is 0.322 e. The summed E-state index contributed by atoms with van der Waals surface area (Å²) < 4.78 is 3.12. The molecule has 3 rings (SSSR count). The molecular weight excluding hydrogens is 308 g/mol. The second-order valence-corrected chi connectivity index (χ2v) is 5.26. The van der Waals surface area contributed by atoms with E-state index in [2.05, 4.69) is 20.8 Å². The minimum atomic E-state index is -0.289. The summed E-state index contributed by atoms with van der Waals surface area (Å²) >= 11 is 0. The number of hydrogen-bond acceptors (Lipinski definition) is 4. The van der Waals surface area contributed by atoms with Crippen molar-refractivity contribution in [2.24, 2.45) is 14.1 Å². The van der Waals surface area contributed by atoms with Crippen LogP contribution in [0.25, 0.3) is 0 Å². The van der Waals surface area contributed by atoms with Gasteiger partial charge < -0.3 is 10.6 Å². The number of rotatable bonds is 4. The minimum absolute atomic E-state index is 0.242. The lowest BCUT2D eigenvalue weighted by Gasteiger charge is -2.06. The fourth-order valence-electron chi connectivity index (χ4n) is 2.11. The molecule has 0 fully saturated rings. The smallest absolute Gasteiger partial charge is 0.276 e. The molecule has 0 saturated carbocycles. The summed E-state index contributed by atoms with van der Waals surface area (Å²) in [7, 11) is 3.49. The Kier molecular flexibility index (Phi) is 4.11. The lowest BCUT2D eigenvalue weighted by Crippen LogP contribution is -2.13. The van der Waals surface area contributed by atoms with Gasteiger partial charge in [-0.2, -0.15) is 10.2 Å². The van der Waals surface area contributed by atoms with Gasteiger partial charge in [-0.05, 0) is 30.3 Å². The van der Waals surface area contributed by atoms with Crippen LogP contribution in [0.3, 0.4) is 0 Å². The lowest BCUT2D eigenvalue weighted by molar-refractivity contribution is 0.101. The Labute approximate surface area is 138 Å².